The third kappa shape index (κ3) is 2.92. The molecule has 4 N–H and O–H groups in total. The van der Waals surface area contributed by atoms with E-state index in [0.717, 1.165) is 11.3 Å². The zero-order chi connectivity index (χ0) is 20.0. The van der Waals surface area contributed by atoms with E-state index in [4.69, 9.17) is 23.1 Å². The molecule has 0 radical (unpaired) electrons. The number of rotatable bonds is 4. The van der Waals surface area contributed by atoms with Crippen molar-refractivity contribution >= 4 is 55.0 Å². The Morgan fingerprint density at radius 3 is 2.75 bits per heavy atom. The van der Waals surface area contributed by atoms with Crippen LogP contribution in [0.25, 0.3) is 32.2 Å². The van der Waals surface area contributed by atoms with E-state index in [9.17, 15) is 4.39 Å². The summed E-state index contributed by atoms with van der Waals surface area (Å²) in [6.07, 6.45) is 1.28. The van der Waals surface area contributed by atoms with Crippen LogP contribution in [-0.2, 0) is 0 Å². The van der Waals surface area contributed by atoms with Gasteiger partial charge in [-0.15, -0.1) is 0 Å². The number of thiazole rings is 1. The molecule has 0 saturated heterocycles. The molecule has 0 unspecified atom stereocenters. The van der Waals surface area contributed by atoms with Gasteiger partial charge in [0.1, 0.15) is 23.5 Å². The highest BCUT2D eigenvalue weighted by Gasteiger charge is 2.22. The first-order valence-electron chi connectivity index (χ1n) is 8.31. The molecule has 2 aromatic heterocycles. The van der Waals surface area contributed by atoms with Crippen molar-refractivity contribution in [2.24, 2.45) is 5.73 Å². The van der Waals surface area contributed by atoms with Crippen LogP contribution in [0.5, 0.6) is 0 Å². The Morgan fingerprint density at radius 1 is 1.21 bits per heavy atom. The van der Waals surface area contributed by atoms with Gasteiger partial charge in [-0.1, -0.05) is 22.9 Å². The summed E-state index contributed by atoms with van der Waals surface area (Å²) in [6.45, 7) is 0.943. The second-order valence-corrected chi connectivity index (χ2v) is 7.61. The smallest absolute Gasteiger partial charge is 0.181 e. The second-order valence-electron chi connectivity index (χ2n) is 6.18. The molecule has 0 amide bonds. The van der Waals surface area contributed by atoms with Crippen LogP contribution in [0.15, 0.2) is 24.5 Å². The van der Waals surface area contributed by atoms with E-state index in [2.05, 4.69) is 15.0 Å². The average Bonchev–Trinajstić information content (AvgIpc) is 3.06. The van der Waals surface area contributed by atoms with Gasteiger partial charge >= 0.3 is 0 Å². The summed E-state index contributed by atoms with van der Waals surface area (Å²) in [5.41, 5.74) is 12.1. The number of benzene rings is 2. The summed E-state index contributed by atoms with van der Waals surface area (Å²) in [4.78, 5) is 14.3. The summed E-state index contributed by atoms with van der Waals surface area (Å²) >= 11 is 7.45. The number of halogens is 3. The van der Waals surface area contributed by atoms with E-state index in [1.807, 2.05) is 0 Å². The van der Waals surface area contributed by atoms with E-state index in [-0.39, 0.29) is 31.5 Å². The molecule has 0 spiro atoms. The maximum absolute atomic E-state index is 15.5. The monoisotopic (exact) mass is 420 g/mol. The Labute approximate surface area is 167 Å². The molecule has 0 saturated carbocycles. The van der Waals surface area contributed by atoms with E-state index >= 15 is 4.39 Å². The van der Waals surface area contributed by atoms with Crippen molar-refractivity contribution in [3.8, 4) is 11.1 Å². The first-order chi connectivity index (χ1) is 13.4. The lowest BCUT2D eigenvalue weighted by atomic mass is 10.0. The largest absolute Gasteiger partial charge is 0.375 e. The molecule has 2 heterocycles. The van der Waals surface area contributed by atoms with Crippen LogP contribution in [0.4, 0.5) is 19.7 Å². The molecule has 0 aliphatic heterocycles. The Kier molecular flexibility index (Phi) is 4.74. The van der Waals surface area contributed by atoms with Crippen LogP contribution in [0, 0.1) is 11.6 Å². The van der Waals surface area contributed by atoms with Crippen molar-refractivity contribution < 1.29 is 8.78 Å². The highest BCUT2D eigenvalue weighted by Crippen LogP contribution is 2.41. The minimum absolute atomic E-state index is 0.0931. The van der Waals surface area contributed by atoms with E-state index in [1.165, 1.54) is 18.5 Å². The maximum atomic E-state index is 15.5. The molecular weight excluding hydrogens is 406 g/mol. The summed E-state index contributed by atoms with van der Waals surface area (Å²) in [7, 11) is 1.80. The van der Waals surface area contributed by atoms with Crippen molar-refractivity contribution in [2.45, 2.75) is 0 Å². The van der Waals surface area contributed by atoms with Crippen molar-refractivity contribution in [1.82, 2.24) is 15.0 Å². The predicted molar refractivity (Wildman–Crippen MR) is 110 cm³/mol. The first kappa shape index (κ1) is 18.7. The number of nitrogens with zero attached hydrogens (tertiary/aromatic N) is 4. The molecule has 28 heavy (non-hydrogen) atoms. The minimum Gasteiger partial charge on any atom is -0.375 e. The lowest BCUT2D eigenvalue weighted by Gasteiger charge is -2.19. The van der Waals surface area contributed by atoms with E-state index in [1.54, 1.807) is 18.0 Å². The zero-order valence-corrected chi connectivity index (χ0v) is 16.3. The number of nitrogen functional groups attached to an aromatic ring is 1. The van der Waals surface area contributed by atoms with Gasteiger partial charge in [0.15, 0.2) is 10.9 Å². The molecule has 10 heteroatoms. The number of fused-ring (bicyclic) bond motifs is 2. The van der Waals surface area contributed by atoms with Gasteiger partial charge in [-0.05, 0) is 18.2 Å². The molecular formula is C18H15ClF2N6S. The molecule has 0 aliphatic carbocycles. The van der Waals surface area contributed by atoms with Gasteiger partial charge in [0.05, 0.1) is 15.2 Å². The van der Waals surface area contributed by atoms with Gasteiger partial charge in [-0.25, -0.2) is 23.7 Å². The van der Waals surface area contributed by atoms with Crippen molar-refractivity contribution in [3.05, 3.63) is 41.2 Å². The second kappa shape index (κ2) is 7.08. The fourth-order valence-corrected chi connectivity index (χ4v) is 4.22. The fourth-order valence-electron chi connectivity index (χ4n) is 3.16. The normalized spacial score (nSPS) is 11.5. The van der Waals surface area contributed by atoms with Crippen LogP contribution in [0.1, 0.15) is 0 Å². The Hall–Kier alpha value is -2.62. The van der Waals surface area contributed by atoms with Crippen molar-refractivity contribution in [3.63, 3.8) is 0 Å². The third-order valence-corrected chi connectivity index (χ3v) is 5.60. The van der Waals surface area contributed by atoms with Crippen LogP contribution < -0.4 is 16.4 Å². The SMILES string of the molecule is CN(CCN)c1ncnc2c(F)c(-c3ccc(F)c4sc(N)nc34)c(Cl)cc12. The zero-order valence-electron chi connectivity index (χ0n) is 14.7. The Morgan fingerprint density at radius 2 is 2.00 bits per heavy atom. The maximum Gasteiger partial charge on any atom is 0.181 e. The van der Waals surface area contributed by atoms with Crippen LogP contribution in [0.2, 0.25) is 5.02 Å². The van der Waals surface area contributed by atoms with Gasteiger partial charge in [0.25, 0.3) is 0 Å². The molecule has 4 rings (SSSR count). The summed E-state index contributed by atoms with van der Waals surface area (Å²) < 4.78 is 29.9. The van der Waals surface area contributed by atoms with Crippen molar-refractivity contribution in [2.75, 3.05) is 30.8 Å². The number of hydrogen-bond acceptors (Lipinski definition) is 7. The lowest BCUT2D eigenvalue weighted by molar-refractivity contribution is 0.638. The summed E-state index contributed by atoms with van der Waals surface area (Å²) in [5.74, 6) is -0.588. The molecule has 0 fully saturated rings. The van der Waals surface area contributed by atoms with Gasteiger partial charge in [0.2, 0.25) is 0 Å². The number of likely N-dealkylation sites (N-methyl/N-ethyl adjacent to an activating group) is 1. The van der Waals surface area contributed by atoms with Crippen molar-refractivity contribution in [1.29, 1.82) is 0 Å². The minimum atomic E-state index is -0.633. The Balaban J connectivity index is 2.01. The molecule has 0 bridgehead atoms. The lowest BCUT2D eigenvalue weighted by Crippen LogP contribution is -2.26. The highest BCUT2D eigenvalue weighted by atomic mass is 35.5. The third-order valence-electron chi connectivity index (χ3n) is 4.41. The van der Waals surface area contributed by atoms with Crippen LogP contribution >= 0.6 is 22.9 Å². The van der Waals surface area contributed by atoms with Gasteiger partial charge in [-0.3, -0.25) is 0 Å². The number of hydrogen-bond donors (Lipinski definition) is 2. The van der Waals surface area contributed by atoms with Crippen LogP contribution in [0.3, 0.4) is 0 Å². The average molecular weight is 421 g/mol. The van der Waals surface area contributed by atoms with E-state index in [0.29, 0.717) is 29.9 Å². The summed E-state index contributed by atoms with van der Waals surface area (Å²) in [5, 5.41) is 0.786. The Bertz CT molecular complexity index is 1210. The standard InChI is InChI=1S/C18H15ClF2N6S/c1-27(5-4-22)17-9-6-10(19)12(13(21)14(9)24-7-25-17)8-2-3-11(20)16-15(8)26-18(23)28-16/h2-3,6-7H,4-5,22H2,1H3,(H2,23,26). The predicted octanol–water partition coefficient (Wildman–Crippen LogP) is 3.82. The summed E-state index contributed by atoms with van der Waals surface area (Å²) in [6, 6.07) is 4.29. The van der Waals surface area contributed by atoms with Gasteiger partial charge in [-0.2, -0.15) is 0 Å². The fraction of sp³-hybridized carbons (Fsp3) is 0.167. The number of anilines is 2. The number of nitrogens with two attached hydrogens (primary N) is 2. The highest BCUT2D eigenvalue weighted by molar-refractivity contribution is 7.22. The molecule has 0 atom stereocenters. The molecule has 4 aromatic rings. The van der Waals surface area contributed by atoms with Gasteiger partial charge in [0, 0.05) is 36.7 Å². The molecule has 0 aliphatic rings. The first-order valence-corrected chi connectivity index (χ1v) is 9.50. The number of aromatic nitrogens is 3. The molecule has 6 nitrogen and oxygen atoms in total. The van der Waals surface area contributed by atoms with E-state index < -0.39 is 11.6 Å². The topological polar surface area (TPSA) is 94.0 Å². The quantitative estimate of drug-likeness (QED) is 0.521. The molecule has 2 aromatic carbocycles. The van der Waals surface area contributed by atoms with Crippen LogP contribution in [-0.4, -0.2) is 35.1 Å². The van der Waals surface area contributed by atoms with Gasteiger partial charge < -0.3 is 16.4 Å². The molecule has 144 valence electrons.